The summed E-state index contributed by atoms with van der Waals surface area (Å²) in [7, 11) is 0. The summed E-state index contributed by atoms with van der Waals surface area (Å²) >= 11 is 0. The van der Waals surface area contributed by atoms with E-state index in [-0.39, 0.29) is 17.0 Å². The Morgan fingerprint density at radius 2 is 2.23 bits per heavy atom. The molecule has 0 atom stereocenters. The van der Waals surface area contributed by atoms with Crippen LogP contribution in [0, 0.1) is 17.2 Å². The maximum absolute atomic E-state index is 11.3. The van der Waals surface area contributed by atoms with Crippen molar-refractivity contribution in [2.24, 2.45) is 5.92 Å². The first-order chi connectivity index (χ1) is 12.6. The van der Waals surface area contributed by atoms with Gasteiger partial charge in [-0.15, -0.1) is 10.2 Å². The maximum atomic E-state index is 11.3. The third kappa shape index (κ3) is 3.80. The normalized spacial score (nSPS) is 15.5. The summed E-state index contributed by atoms with van der Waals surface area (Å²) in [5, 5.41) is 34.9. The number of anilines is 2. The molecule has 1 aliphatic rings. The van der Waals surface area contributed by atoms with Crippen LogP contribution in [0.2, 0.25) is 0 Å². The van der Waals surface area contributed by atoms with Gasteiger partial charge < -0.3 is 15.3 Å². The Hall–Kier alpha value is -3.41. The van der Waals surface area contributed by atoms with E-state index in [0.717, 1.165) is 31.6 Å². The maximum Gasteiger partial charge on any atom is 0.335 e. The molecule has 0 bridgehead atoms. The third-order valence-electron chi connectivity index (χ3n) is 4.45. The number of piperidine rings is 1. The molecule has 3 N–H and O–H groups in total. The van der Waals surface area contributed by atoms with Crippen LogP contribution in [0.15, 0.2) is 24.4 Å². The number of hydrogen-bond acceptors (Lipinski definition) is 7. The molecule has 2 heterocycles. The number of nitriles is 1. The lowest BCUT2D eigenvalue weighted by atomic mass is 9.98. The molecule has 0 unspecified atom stereocenters. The van der Waals surface area contributed by atoms with E-state index in [4.69, 9.17) is 0 Å². The van der Waals surface area contributed by atoms with Gasteiger partial charge in [0.05, 0.1) is 16.9 Å². The van der Waals surface area contributed by atoms with Crippen molar-refractivity contribution in [3.05, 3.63) is 35.8 Å². The third-order valence-corrected chi connectivity index (χ3v) is 4.45. The standard InChI is InChI=1S/C17H19N7O2/c1-11-4-6-24(7-5-11)15-3-2-12(17(25)26)8-14(15)19-10-13(9-18)16-20-22-23-21-16/h2-3,8,10-11,19H,4-7H2,1H3,(H,25,26)(H,20,21,22,23). The quantitative estimate of drug-likeness (QED) is 0.697. The van der Waals surface area contributed by atoms with Crippen LogP contribution >= 0.6 is 0 Å². The van der Waals surface area contributed by atoms with Gasteiger partial charge in [-0.3, -0.25) is 0 Å². The average molecular weight is 353 g/mol. The van der Waals surface area contributed by atoms with E-state index in [2.05, 4.69) is 37.8 Å². The largest absolute Gasteiger partial charge is 0.478 e. The van der Waals surface area contributed by atoms with E-state index in [1.807, 2.05) is 6.07 Å². The molecule has 1 aromatic carbocycles. The summed E-state index contributed by atoms with van der Waals surface area (Å²) < 4.78 is 0. The van der Waals surface area contributed by atoms with Crippen LogP contribution in [0.25, 0.3) is 5.57 Å². The highest BCUT2D eigenvalue weighted by molar-refractivity contribution is 5.91. The van der Waals surface area contributed by atoms with E-state index in [1.54, 1.807) is 18.2 Å². The number of nitrogens with one attached hydrogen (secondary N) is 2. The highest BCUT2D eigenvalue weighted by atomic mass is 16.4. The van der Waals surface area contributed by atoms with Crippen LogP contribution in [-0.4, -0.2) is 44.8 Å². The minimum Gasteiger partial charge on any atom is -0.478 e. The molecule has 3 rings (SSSR count). The molecule has 0 spiro atoms. The van der Waals surface area contributed by atoms with Crippen LogP contribution in [0.5, 0.6) is 0 Å². The van der Waals surface area contributed by atoms with Crippen molar-refractivity contribution in [1.29, 1.82) is 5.26 Å². The molecule has 0 radical (unpaired) electrons. The molecule has 0 aliphatic carbocycles. The summed E-state index contributed by atoms with van der Waals surface area (Å²) in [5.41, 5.74) is 1.89. The van der Waals surface area contributed by atoms with Gasteiger partial charge >= 0.3 is 5.97 Å². The fourth-order valence-corrected chi connectivity index (χ4v) is 2.88. The van der Waals surface area contributed by atoms with Gasteiger partial charge in [-0.2, -0.15) is 10.5 Å². The molecule has 1 fully saturated rings. The second kappa shape index (κ2) is 7.65. The lowest BCUT2D eigenvalue weighted by Crippen LogP contribution is -2.33. The lowest BCUT2D eigenvalue weighted by molar-refractivity contribution is 0.0697. The zero-order chi connectivity index (χ0) is 18.5. The summed E-state index contributed by atoms with van der Waals surface area (Å²) in [6.45, 7) is 4.04. The van der Waals surface area contributed by atoms with E-state index < -0.39 is 5.97 Å². The molecule has 26 heavy (non-hydrogen) atoms. The molecule has 0 amide bonds. The second-order valence-corrected chi connectivity index (χ2v) is 6.26. The molecular formula is C17H19N7O2. The number of benzene rings is 1. The highest BCUT2D eigenvalue weighted by Crippen LogP contribution is 2.31. The number of rotatable bonds is 5. The molecule has 2 aromatic rings. The average Bonchev–Trinajstić information content (AvgIpc) is 3.17. The van der Waals surface area contributed by atoms with Gasteiger partial charge in [0, 0.05) is 19.3 Å². The first-order valence-corrected chi connectivity index (χ1v) is 8.31. The fraction of sp³-hybridized carbons (Fsp3) is 0.353. The number of H-pyrrole nitrogens is 1. The van der Waals surface area contributed by atoms with E-state index in [0.29, 0.717) is 11.6 Å². The Morgan fingerprint density at radius 3 is 2.85 bits per heavy atom. The van der Waals surface area contributed by atoms with Gasteiger partial charge in [-0.25, -0.2) is 4.79 Å². The molecule has 9 heteroatoms. The van der Waals surface area contributed by atoms with Crippen molar-refractivity contribution >= 4 is 22.9 Å². The zero-order valence-electron chi connectivity index (χ0n) is 14.3. The number of carboxylic acids is 1. The van der Waals surface area contributed by atoms with E-state index in [1.165, 1.54) is 6.20 Å². The SMILES string of the molecule is CC1CCN(c2ccc(C(=O)O)cc2NC=C(C#N)c2nn[nH]n2)CC1. The number of aromatic amines is 1. The Bertz CT molecular complexity index is 846. The van der Waals surface area contributed by atoms with Crippen LogP contribution < -0.4 is 10.2 Å². The Balaban J connectivity index is 1.91. The summed E-state index contributed by atoms with van der Waals surface area (Å²) in [5.74, 6) is -0.151. The van der Waals surface area contributed by atoms with Gasteiger partial charge in [0.2, 0.25) is 5.82 Å². The minimum absolute atomic E-state index is 0.169. The molecule has 0 saturated carbocycles. The first-order valence-electron chi connectivity index (χ1n) is 8.31. The molecular weight excluding hydrogens is 334 g/mol. The van der Waals surface area contributed by atoms with Crippen molar-refractivity contribution < 1.29 is 9.90 Å². The lowest BCUT2D eigenvalue weighted by Gasteiger charge is -2.33. The summed E-state index contributed by atoms with van der Waals surface area (Å²) in [4.78, 5) is 13.5. The number of tetrazole rings is 1. The van der Waals surface area contributed by atoms with Gasteiger partial charge in [-0.05, 0) is 42.2 Å². The number of nitrogens with zero attached hydrogens (tertiary/aromatic N) is 5. The summed E-state index contributed by atoms with van der Waals surface area (Å²) in [6.07, 6.45) is 3.63. The Kier molecular flexibility index (Phi) is 5.12. The molecule has 134 valence electrons. The fourth-order valence-electron chi connectivity index (χ4n) is 2.88. The van der Waals surface area contributed by atoms with Gasteiger partial charge in [0.25, 0.3) is 0 Å². The van der Waals surface area contributed by atoms with E-state index >= 15 is 0 Å². The van der Waals surface area contributed by atoms with Crippen molar-refractivity contribution in [2.75, 3.05) is 23.3 Å². The number of carboxylic acid groups (broad SMARTS) is 1. The molecule has 1 aromatic heterocycles. The van der Waals surface area contributed by atoms with Crippen molar-refractivity contribution in [3.63, 3.8) is 0 Å². The topological polar surface area (TPSA) is 131 Å². The highest BCUT2D eigenvalue weighted by Gasteiger charge is 2.19. The van der Waals surface area contributed by atoms with Crippen molar-refractivity contribution in [2.45, 2.75) is 19.8 Å². The number of aromatic nitrogens is 4. The van der Waals surface area contributed by atoms with Crippen LogP contribution in [-0.2, 0) is 0 Å². The Labute approximate surface area is 150 Å². The monoisotopic (exact) mass is 353 g/mol. The number of allylic oxidation sites excluding steroid dienone is 1. The number of aromatic carboxylic acids is 1. The zero-order valence-corrected chi connectivity index (χ0v) is 14.3. The predicted molar refractivity (Wildman–Crippen MR) is 95.4 cm³/mol. The number of hydrogen-bond donors (Lipinski definition) is 3. The van der Waals surface area contributed by atoms with Gasteiger partial charge in [-0.1, -0.05) is 6.92 Å². The summed E-state index contributed by atoms with van der Waals surface area (Å²) in [6, 6.07) is 6.96. The van der Waals surface area contributed by atoms with Gasteiger partial charge in [0.1, 0.15) is 11.6 Å². The van der Waals surface area contributed by atoms with E-state index in [9.17, 15) is 15.2 Å². The van der Waals surface area contributed by atoms with Crippen LogP contribution in [0.4, 0.5) is 11.4 Å². The number of carbonyl (C=O) groups is 1. The molecule has 1 saturated heterocycles. The minimum atomic E-state index is -1.01. The molecule has 1 aliphatic heterocycles. The first kappa shape index (κ1) is 17.4. The van der Waals surface area contributed by atoms with Gasteiger partial charge in [0.15, 0.2) is 0 Å². The van der Waals surface area contributed by atoms with Crippen LogP contribution in [0.3, 0.4) is 0 Å². The smallest absolute Gasteiger partial charge is 0.335 e. The van der Waals surface area contributed by atoms with Crippen molar-refractivity contribution in [3.8, 4) is 6.07 Å². The second-order valence-electron chi connectivity index (χ2n) is 6.26. The molecule has 9 nitrogen and oxygen atoms in total. The predicted octanol–water partition coefficient (Wildman–Crippen LogP) is 2.11. The Morgan fingerprint density at radius 1 is 1.46 bits per heavy atom. The van der Waals surface area contributed by atoms with Crippen LogP contribution in [0.1, 0.15) is 35.9 Å². The van der Waals surface area contributed by atoms with Crippen molar-refractivity contribution in [1.82, 2.24) is 20.6 Å².